The summed E-state index contributed by atoms with van der Waals surface area (Å²) in [5, 5.41) is 15.3. The van der Waals surface area contributed by atoms with Crippen LogP contribution in [0.1, 0.15) is 33.6 Å². The molecule has 0 saturated heterocycles. The monoisotopic (exact) mass is 230 g/mol. The molecule has 0 bridgehead atoms. The third-order valence-electron chi connectivity index (χ3n) is 3.43. The summed E-state index contributed by atoms with van der Waals surface area (Å²) in [4.78, 5) is 11.7. The average molecular weight is 230 g/mol. The third-order valence-corrected chi connectivity index (χ3v) is 3.43. The summed E-state index contributed by atoms with van der Waals surface area (Å²) in [6, 6.07) is 0. The lowest BCUT2D eigenvalue weighted by Crippen LogP contribution is -2.42. The molecule has 0 rings (SSSR count). The highest BCUT2D eigenvalue weighted by atomic mass is 16.3. The van der Waals surface area contributed by atoms with Crippen LogP contribution in [0.25, 0.3) is 0 Å². The van der Waals surface area contributed by atoms with Crippen molar-refractivity contribution in [3.8, 4) is 0 Å². The van der Waals surface area contributed by atoms with Crippen molar-refractivity contribution in [1.29, 1.82) is 0 Å². The van der Waals surface area contributed by atoms with Crippen LogP contribution in [-0.2, 0) is 4.79 Å². The predicted molar refractivity (Wildman–Crippen MR) is 66.2 cm³/mol. The number of aliphatic hydroxyl groups excluding tert-OH is 1. The van der Waals surface area contributed by atoms with Gasteiger partial charge in [-0.1, -0.05) is 20.8 Å². The van der Waals surface area contributed by atoms with Crippen molar-refractivity contribution < 1.29 is 9.90 Å². The quantitative estimate of drug-likeness (QED) is 0.577. The maximum Gasteiger partial charge on any atom is 0.224 e. The van der Waals surface area contributed by atoms with Gasteiger partial charge in [-0.2, -0.15) is 0 Å². The number of amides is 1. The van der Waals surface area contributed by atoms with Gasteiger partial charge in [-0.25, -0.2) is 0 Å². The molecule has 0 aliphatic heterocycles. The van der Waals surface area contributed by atoms with Crippen molar-refractivity contribution in [1.82, 2.24) is 10.6 Å². The molecule has 3 N–H and O–H groups in total. The zero-order chi connectivity index (χ0) is 12.6. The molecule has 16 heavy (non-hydrogen) atoms. The van der Waals surface area contributed by atoms with Gasteiger partial charge in [0.25, 0.3) is 0 Å². The first-order valence-corrected chi connectivity index (χ1v) is 6.08. The van der Waals surface area contributed by atoms with Gasteiger partial charge in [-0.3, -0.25) is 4.79 Å². The van der Waals surface area contributed by atoms with Crippen molar-refractivity contribution in [2.75, 3.05) is 26.7 Å². The lowest BCUT2D eigenvalue weighted by atomic mass is 9.83. The van der Waals surface area contributed by atoms with Crippen LogP contribution in [0.5, 0.6) is 0 Å². The van der Waals surface area contributed by atoms with Crippen LogP contribution in [0, 0.1) is 11.3 Å². The molecule has 0 radical (unpaired) electrons. The van der Waals surface area contributed by atoms with E-state index in [1.807, 2.05) is 27.8 Å². The normalized spacial score (nSPS) is 13.6. The maximum atomic E-state index is 11.7. The Bertz CT molecular complexity index is 195. The zero-order valence-electron chi connectivity index (χ0n) is 11.0. The molecule has 1 unspecified atom stereocenters. The second kappa shape index (κ2) is 7.63. The van der Waals surface area contributed by atoms with E-state index in [0.29, 0.717) is 13.1 Å². The highest BCUT2D eigenvalue weighted by Crippen LogP contribution is 2.24. The van der Waals surface area contributed by atoms with Gasteiger partial charge in [0, 0.05) is 24.4 Å². The van der Waals surface area contributed by atoms with Gasteiger partial charge in [-0.15, -0.1) is 0 Å². The number of hydrogen-bond acceptors (Lipinski definition) is 3. The third kappa shape index (κ3) is 4.49. The molecule has 0 spiro atoms. The first-order chi connectivity index (χ1) is 7.55. The molecule has 1 atom stereocenters. The Labute approximate surface area is 98.8 Å². The maximum absolute atomic E-state index is 11.7. The lowest BCUT2D eigenvalue weighted by molar-refractivity contribution is -0.125. The van der Waals surface area contributed by atoms with Crippen LogP contribution in [-0.4, -0.2) is 37.8 Å². The minimum atomic E-state index is -0.158. The molecule has 0 aromatic heterocycles. The van der Waals surface area contributed by atoms with E-state index >= 15 is 0 Å². The van der Waals surface area contributed by atoms with Gasteiger partial charge in [0.15, 0.2) is 0 Å². The fourth-order valence-corrected chi connectivity index (χ4v) is 1.63. The topological polar surface area (TPSA) is 61.4 Å². The predicted octanol–water partition coefficient (Wildman–Crippen LogP) is 0.757. The van der Waals surface area contributed by atoms with Crippen molar-refractivity contribution in [3.63, 3.8) is 0 Å². The number of rotatable bonds is 8. The van der Waals surface area contributed by atoms with Gasteiger partial charge in [-0.05, 0) is 19.9 Å². The van der Waals surface area contributed by atoms with E-state index in [1.54, 1.807) is 0 Å². The highest BCUT2D eigenvalue weighted by Gasteiger charge is 2.26. The van der Waals surface area contributed by atoms with E-state index in [4.69, 9.17) is 0 Å². The summed E-state index contributed by atoms with van der Waals surface area (Å²) < 4.78 is 0. The fourth-order valence-electron chi connectivity index (χ4n) is 1.63. The Morgan fingerprint density at radius 2 is 1.94 bits per heavy atom. The number of aliphatic hydroxyl groups is 1. The van der Waals surface area contributed by atoms with Crippen LogP contribution < -0.4 is 10.6 Å². The van der Waals surface area contributed by atoms with Gasteiger partial charge in [0.2, 0.25) is 5.91 Å². The van der Waals surface area contributed by atoms with E-state index in [-0.39, 0.29) is 23.8 Å². The summed E-state index contributed by atoms with van der Waals surface area (Å²) in [5.41, 5.74) is -0.158. The van der Waals surface area contributed by atoms with Crippen molar-refractivity contribution in [2.24, 2.45) is 11.3 Å². The molecule has 96 valence electrons. The molecule has 4 nitrogen and oxygen atoms in total. The van der Waals surface area contributed by atoms with Crippen molar-refractivity contribution >= 4 is 5.91 Å². The van der Waals surface area contributed by atoms with E-state index < -0.39 is 0 Å². The molecule has 0 heterocycles. The second-order valence-corrected chi connectivity index (χ2v) is 4.54. The Hall–Kier alpha value is -0.610. The minimum Gasteiger partial charge on any atom is -0.396 e. The SMILES string of the molecule is CCC(CC)(CO)CNC(=O)C(C)CNC. The van der Waals surface area contributed by atoms with E-state index in [2.05, 4.69) is 10.6 Å². The Morgan fingerprint density at radius 3 is 2.31 bits per heavy atom. The standard InChI is InChI=1S/C12H26N2O2/c1-5-12(6-2,9-15)8-14-11(16)10(3)7-13-4/h10,13,15H,5-9H2,1-4H3,(H,14,16). The molecule has 0 saturated carbocycles. The van der Waals surface area contributed by atoms with E-state index in [9.17, 15) is 9.90 Å². The van der Waals surface area contributed by atoms with Gasteiger partial charge in [0.1, 0.15) is 0 Å². The molecule has 0 aliphatic rings. The minimum absolute atomic E-state index is 0.0323. The Morgan fingerprint density at radius 1 is 1.38 bits per heavy atom. The van der Waals surface area contributed by atoms with Gasteiger partial charge in [0.05, 0.1) is 6.61 Å². The Balaban J connectivity index is 4.15. The average Bonchev–Trinajstić information content (AvgIpc) is 2.31. The van der Waals surface area contributed by atoms with Gasteiger partial charge >= 0.3 is 0 Å². The fraction of sp³-hybridized carbons (Fsp3) is 0.917. The molecular weight excluding hydrogens is 204 g/mol. The smallest absolute Gasteiger partial charge is 0.224 e. The van der Waals surface area contributed by atoms with E-state index in [0.717, 1.165) is 12.8 Å². The molecular formula is C12H26N2O2. The lowest BCUT2D eigenvalue weighted by Gasteiger charge is -2.30. The number of carbonyl (C=O) groups is 1. The highest BCUT2D eigenvalue weighted by molar-refractivity contribution is 5.78. The summed E-state index contributed by atoms with van der Waals surface area (Å²) in [6.45, 7) is 7.34. The molecule has 0 aliphatic carbocycles. The van der Waals surface area contributed by atoms with Crippen LogP contribution in [0.3, 0.4) is 0 Å². The zero-order valence-corrected chi connectivity index (χ0v) is 11.0. The number of nitrogens with one attached hydrogen (secondary N) is 2. The van der Waals surface area contributed by atoms with Crippen LogP contribution in [0.4, 0.5) is 0 Å². The summed E-state index contributed by atoms with van der Waals surface area (Å²) in [6.07, 6.45) is 1.75. The van der Waals surface area contributed by atoms with Crippen molar-refractivity contribution in [2.45, 2.75) is 33.6 Å². The van der Waals surface area contributed by atoms with Gasteiger partial charge < -0.3 is 15.7 Å². The number of hydrogen-bond donors (Lipinski definition) is 3. The summed E-state index contributed by atoms with van der Waals surface area (Å²) in [5.74, 6) is 0.0178. The molecule has 0 aromatic rings. The van der Waals surface area contributed by atoms with Crippen LogP contribution >= 0.6 is 0 Å². The first-order valence-electron chi connectivity index (χ1n) is 6.08. The Kier molecular flexibility index (Phi) is 7.34. The summed E-state index contributed by atoms with van der Waals surface area (Å²) >= 11 is 0. The van der Waals surface area contributed by atoms with Crippen LogP contribution in [0.15, 0.2) is 0 Å². The number of carbonyl (C=O) groups excluding carboxylic acids is 1. The van der Waals surface area contributed by atoms with Crippen molar-refractivity contribution in [3.05, 3.63) is 0 Å². The molecule has 0 aromatic carbocycles. The largest absolute Gasteiger partial charge is 0.396 e. The molecule has 0 fully saturated rings. The first kappa shape index (κ1) is 15.4. The van der Waals surface area contributed by atoms with Crippen LogP contribution in [0.2, 0.25) is 0 Å². The summed E-state index contributed by atoms with van der Waals surface area (Å²) in [7, 11) is 1.83. The molecule has 1 amide bonds. The molecule has 4 heteroatoms. The van der Waals surface area contributed by atoms with E-state index in [1.165, 1.54) is 0 Å². The second-order valence-electron chi connectivity index (χ2n) is 4.54.